The predicted molar refractivity (Wildman–Crippen MR) is 145 cm³/mol. The molecule has 0 spiro atoms. The Bertz CT molecular complexity index is 1590. The zero-order chi connectivity index (χ0) is 27.6. The summed E-state index contributed by atoms with van der Waals surface area (Å²) in [6, 6.07) is 22.3. The summed E-state index contributed by atoms with van der Waals surface area (Å²) >= 11 is 1.13. The Morgan fingerprint density at radius 2 is 1.62 bits per heavy atom. The number of nitrogens with zero attached hydrogens (tertiary/aromatic N) is 2. The van der Waals surface area contributed by atoms with Crippen LogP contribution in [-0.4, -0.2) is 25.3 Å². The first kappa shape index (κ1) is 26.2. The minimum Gasteiger partial charge on any atom is -0.495 e. The zero-order valence-electron chi connectivity index (χ0n) is 20.7. The molecule has 0 unspecified atom stereocenters. The average molecular weight is 551 g/mol. The van der Waals surface area contributed by atoms with E-state index in [2.05, 4.69) is 0 Å². The van der Waals surface area contributed by atoms with E-state index in [1.807, 2.05) is 12.1 Å². The van der Waals surface area contributed by atoms with Gasteiger partial charge in [0.2, 0.25) is 0 Å². The van der Waals surface area contributed by atoms with E-state index in [-0.39, 0.29) is 17.2 Å². The fraction of sp³-hybridized carbons (Fsp3) is 0.103. The maximum atomic E-state index is 13.7. The first-order chi connectivity index (χ1) is 18.8. The van der Waals surface area contributed by atoms with Crippen molar-refractivity contribution in [1.82, 2.24) is 0 Å². The average Bonchev–Trinajstić information content (AvgIpc) is 3.53. The Kier molecular flexibility index (Phi) is 7.21. The molecule has 198 valence electrons. The number of alkyl halides is 3. The quantitative estimate of drug-likeness (QED) is 0.229. The van der Waals surface area contributed by atoms with Crippen molar-refractivity contribution in [3.05, 3.63) is 101 Å². The molecule has 1 saturated heterocycles. The Hall–Kier alpha value is -4.44. The van der Waals surface area contributed by atoms with E-state index in [9.17, 15) is 18.0 Å². The molecule has 0 aliphatic carbocycles. The minimum absolute atomic E-state index is 0.243. The molecule has 1 aromatic heterocycles. The van der Waals surface area contributed by atoms with E-state index in [1.165, 1.54) is 37.3 Å². The first-order valence-electron chi connectivity index (χ1n) is 11.6. The summed E-state index contributed by atoms with van der Waals surface area (Å²) in [6.07, 6.45) is -2.93. The van der Waals surface area contributed by atoms with Gasteiger partial charge in [0, 0.05) is 11.6 Å². The summed E-state index contributed by atoms with van der Waals surface area (Å²) in [7, 11) is 3.05. The number of aliphatic imine (C=N–C) groups is 1. The highest BCUT2D eigenvalue weighted by molar-refractivity contribution is 8.19. The topological polar surface area (TPSA) is 64.3 Å². The number of amides is 1. The number of benzene rings is 3. The minimum atomic E-state index is -4.47. The number of carbonyl (C=O) groups excluding carboxylic acids is 1. The fourth-order valence-corrected chi connectivity index (χ4v) is 4.93. The largest absolute Gasteiger partial charge is 0.495 e. The first-order valence-corrected chi connectivity index (χ1v) is 12.5. The van der Waals surface area contributed by atoms with Crippen LogP contribution in [0.15, 0.2) is 99.2 Å². The number of halogens is 3. The summed E-state index contributed by atoms with van der Waals surface area (Å²) in [5.41, 5.74) is 0.524. The lowest BCUT2D eigenvalue weighted by Gasteiger charge is -2.18. The summed E-state index contributed by atoms with van der Waals surface area (Å²) in [6.45, 7) is 0. The summed E-state index contributed by atoms with van der Waals surface area (Å²) in [5.74, 6) is 1.19. The maximum Gasteiger partial charge on any atom is 0.416 e. The van der Waals surface area contributed by atoms with E-state index < -0.39 is 11.7 Å². The number of para-hydroxylation sites is 4. The van der Waals surface area contributed by atoms with Crippen LogP contribution in [0.1, 0.15) is 11.3 Å². The van der Waals surface area contributed by atoms with E-state index in [0.717, 1.165) is 23.9 Å². The molecule has 6 nitrogen and oxygen atoms in total. The van der Waals surface area contributed by atoms with Crippen molar-refractivity contribution in [2.45, 2.75) is 6.18 Å². The molecular weight excluding hydrogens is 529 g/mol. The van der Waals surface area contributed by atoms with E-state index >= 15 is 0 Å². The molecule has 0 bridgehead atoms. The number of furan rings is 1. The molecular formula is C29H21F3N2O4S. The molecule has 0 saturated carbocycles. The number of anilines is 1. The van der Waals surface area contributed by atoms with E-state index in [4.69, 9.17) is 18.9 Å². The van der Waals surface area contributed by atoms with Crippen molar-refractivity contribution in [3.63, 3.8) is 0 Å². The predicted octanol–water partition coefficient (Wildman–Crippen LogP) is 7.79. The van der Waals surface area contributed by atoms with Crippen molar-refractivity contribution in [2.24, 2.45) is 4.99 Å². The molecule has 1 amide bonds. The number of carbonyl (C=O) groups is 1. The molecule has 0 N–H and O–H groups in total. The summed E-state index contributed by atoms with van der Waals surface area (Å²) in [4.78, 5) is 20.1. The fourth-order valence-electron chi connectivity index (χ4n) is 3.96. The second-order valence-corrected chi connectivity index (χ2v) is 9.28. The van der Waals surface area contributed by atoms with Crippen molar-refractivity contribution < 1.29 is 31.9 Å². The van der Waals surface area contributed by atoms with Crippen LogP contribution in [0.4, 0.5) is 24.5 Å². The van der Waals surface area contributed by atoms with Crippen molar-refractivity contribution in [1.29, 1.82) is 0 Å². The third kappa shape index (κ3) is 5.42. The molecule has 39 heavy (non-hydrogen) atoms. The lowest BCUT2D eigenvalue weighted by atomic mass is 10.1. The molecule has 0 atom stereocenters. The highest BCUT2D eigenvalue weighted by Gasteiger charge is 2.37. The summed E-state index contributed by atoms with van der Waals surface area (Å²) < 4.78 is 56.2. The third-order valence-corrected chi connectivity index (χ3v) is 6.78. The SMILES string of the molecule is COc1ccccc1N=C1SC(=Cc2ccc(-c3cccc(C(F)(F)F)c3)o2)C(=O)N1c1ccccc1OC. The van der Waals surface area contributed by atoms with Crippen LogP contribution in [0, 0.1) is 0 Å². The lowest BCUT2D eigenvalue weighted by Crippen LogP contribution is -2.29. The number of ether oxygens (including phenoxy) is 2. The second-order valence-electron chi connectivity index (χ2n) is 8.27. The molecule has 5 rings (SSSR count). The molecule has 3 aromatic carbocycles. The van der Waals surface area contributed by atoms with Crippen LogP contribution >= 0.6 is 11.8 Å². The van der Waals surface area contributed by atoms with E-state index in [0.29, 0.717) is 38.7 Å². The Morgan fingerprint density at radius 1 is 0.897 bits per heavy atom. The normalized spacial score (nSPS) is 15.8. The Labute approximate surface area is 226 Å². The van der Waals surface area contributed by atoms with Gasteiger partial charge in [-0.3, -0.25) is 9.69 Å². The highest BCUT2D eigenvalue weighted by atomic mass is 32.2. The van der Waals surface area contributed by atoms with Gasteiger partial charge in [0.1, 0.15) is 28.7 Å². The highest BCUT2D eigenvalue weighted by Crippen LogP contribution is 2.42. The number of thioether (sulfide) groups is 1. The van der Waals surface area contributed by atoms with Crippen LogP contribution < -0.4 is 14.4 Å². The molecule has 1 aliphatic rings. The molecule has 2 heterocycles. The van der Waals surface area contributed by atoms with Gasteiger partial charge in [-0.1, -0.05) is 36.4 Å². The number of amidine groups is 1. The van der Waals surface area contributed by atoms with Crippen molar-refractivity contribution in [2.75, 3.05) is 19.1 Å². The number of rotatable bonds is 6. The van der Waals surface area contributed by atoms with Crippen molar-refractivity contribution in [3.8, 4) is 22.8 Å². The Balaban J connectivity index is 1.54. The number of hydrogen-bond acceptors (Lipinski definition) is 6. The summed E-state index contributed by atoms with van der Waals surface area (Å²) in [5, 5.41) is 0.366. The maximum absolute atomic E-state index is 13.7. The standard InChI is InChI=1S/C29H21F3N2O4S/c1-36-24-12-5-3-10-21(24)33-28-34(22-11-4-6-13-25(22)37-2)27(35)26(39-28)17-20-14-15-23(38-20)18-8-7-9-19(16-18)29(30,31)32/h3-17H,1-2H3. The van der Waals surface area contributed by atoms with Gasteiger partial charge >= 0.3 is 6.18 Å². The van der Waals surface area contributed by atoms with Gasteiger partial charge in [-0.15, -0.1) is 0 Å². The van der Waals surface area contributed by atoms with Gasteiger partial charge in [-0.05, 0) is 60.3 Å². The zero-order valence-corrected chi connectivity index (χ0v) is 21.5. The molecule has 1 fully saturated rings. The van der Waals surface area contributed by atoms with Crippen LogP contribution in [-0.2, 0) is 11.0 Å². The molecule has 4 aromatic rings. The van der Waals surface area contributed by atoms with Gasteiger partial charge in [0.25, 0.3) is 5.91 Å². The number of methoxy groups -OCH3 is 2. The third-order valence-electron chi connectivity index (χ3n) is 5.81. The smallest absolute Gasteiger partial charge is 0.416 e. The van der Waals surface area contributed by atoms with E-state index in [1.54, 1.807) is 48.5 Å². The molecule has 10 heteroatoms. The van der Waals surface area contributed by atoms with Gasteiger partial charge < -0.3 is 13.9 Å². The van der Waals surface area contributed by atoms with Gasteiger partial charge in [-0.2, -0.15) is 13.2 Å². The van der Waals surface area contributed by atoms with Crippen LogP contribution in [0.3, 0.4) is 0 Å². The van der Waals surface area contributed by atoms with Gasteiger partial charge in [0.05, 0.1) is 30.4 Å². The van der Waals surface area contributed by atoms with Crippen LogP contribution in [0.5, 0.6) is 11.5 Å². The van der Waals surface area contributed by atoms with Gasteiger partial charge in [-0.25, -0.2) is 4.99 Å². The second kappa shape index (κ2) is 10.7. The van der Waals surface area contributed by atoms with Gasteiger partial charge in [0.15, 0.2) is 5.17 Å². The number of hydrogen-bond donors (Lipinski definition) is 0. The monoisotopic (exact) mass is 550 g/mol. The van der Waals surface area contributed by atoms with Crippen LogP contribution in [0.2, 0.25) is 0 Å². The molecule has 1 aliphatic heterocycles. The van der Waals surface area contributed by atoms with Crippen LogP contribution in [0.25, 0.3) is 17.4 Å². The van der Waals surface area contributed by atoms with Crippen molar-refractivity contribution >= 4 is 40.3 Å². The molecule has 0 radical (unpaired) electrons. The lowest BCUT2D eigenvalue weighted by molar-refractivity contribution is -0.137. The Morgan fingerprint density at radius 3 is 2.36 bits per heavy atom.